The molecule has 5 nitrogen and oxygen atoms in total. The Kier molecular flexibility index (Phi) is 4.15. The molecule has 0 saturated carbocycles. The molecule has 0 bridgehead atoms. The van der Waals surface area contributed by atoms with Gasteiger partial charge in [0.15, 0.2) is 5.11 Å². The Bertz CT molecular complexity index is 704. The Morgan fingerprint density at radius 2 is 2.00 bits per heavy atom. The summed E-state index contributed by atoms with van der Waals surface area (Å²) in [4.78, 5) is 20.7. The first-order chi connectivity index (χ1) is 10.2. The van der Waals surface area contributed by atoms with Gasteiger partial charge in [0.2, 0.25) is 0 Å². The highest BCUT2D eigenvalue weighted by molar-refractivity contribution is 7.80. The highest BCUT2D eigenvalue weighted by Gasteiger charge is 2.12. The molecule has 1 aliphatic rings. The van der Waals surface area contributed by atoms with Crippen molar-refractivity contribution in [2.45, 2.75) is 25.7 Å². The summed E-state index contributed by atoms with van der Waals surface area (Å²) in [5, 5.41) is 4.54. The van der Waals surface area contributed by atoms with E-state index in [0.717, 1.165) is 23.9 Å². The molecule has 1 aromatic carbocycles. The predicted octanol–water partition coefficient (Wildman–Crippen LogP) is 2.50. The van der Waals surface area contributed by atoms with E-state index in [-0.39, 0.29) is 5.56 Å². The second-order valence-corrected chi connectivity index (χ2v) is 5.68. The minimum atomic E-state index is -0.135. The predicted molar refractivity (Wildman–Crippen MR) is 88.6 cm³/mol. The number of thiocarbonyl (C=S) groups is 1. The topological polar surface area (TPSA) is 61.0 Å². The third kappa shape index (κ3) is 3.21. The normalized spacial score (nSPS) is 15.7. The number of nitrogens with one attached hydrogen (secondary N) is 2. The number of H-pyrrole nitrogens is 1. The number of rotatable bonds is 1. The minimum absolute atomic E-state index is 0.135. The maximum absolute atomic E-state index is 11.8. The Hall–Kier alpha value is -1.95. The lowest BCUT2D eigenvalue weighted by molar-refractivity contribution is 0.441. The lowest BCUT2D eigenvalue weighted by atomic mass is 10.2. The summed E-state index contributed by atoms with van der Waals surface area (Å²) in [6.45, 7) is 2.00. The number of fused-ring (bicyclic) bond motifs is 1. The van der Waals surface area contributed by atoms with Crippen LogP contribution in [-0.4, -0.2) is 33.1 Å². The minimum Gasteiger partial charge on any atom is -0.349 e. The standard InChI is InChI=1S/C15H18N4OS/c20-14-12-9-11(5-6-13(12)16-10-17-14)18-15(21)19-7-3-1-2-4-8-19/h5-6,9-10H,1-4,7-8H2,(H,18,21)(H,16,17,20). The summed E-state index contributed by atoms with van der Waals surface area (Å²) in [6.07, 6.45) is 6.33. The highest BCUT2D eigenvalue weighted by Crippen LogP contribution is 2.16. The van der Waals surface area contributed by atoms with E-state index in [1.54, 1.807) is 6.07 Å². The van der Waals surface area contributed by atoms with Crippen molar-refractivity contribution in [3.8, 4) is 0 Å². The monoisotopic (exact) mass is 302 g/mol. The van der Waals surface area contributed by atoms with Gasteiger partial charge in [-0.05, 0) is 43.3 Å². The number of anilines is 1. The number of nitrogens with zero attached hydrogens (tertiary/aromatic N) is 2. The van der Waals surface area contributed by atoms with Crippen LogP contribution in [0.1, 0.15) is 25.7 Å². The lowest BCUT2D eigenvalue weighted by Gasteiger charge is -2.24. The summed E-state index contributed by atoms with van der Waals surface area (Å²) in [7, 11) is 0. The van der Waals surface area contributed by atoms with E-state index < -0.39 is 0 Å². The highest BCUT2D eigenvalue weighted by atomic mass is 32.1. The average Bonchev–Trinajstić information content (AvgIpc) is 2.77. The van der Waals surface area contributed by atoms with Gasteiger partial charge in [-0.25, -0.2) is 4.98 Å². The number of hydrogen-bond acceptors (Lipinski definition) is 3. The molecule has 0 atom stereocenters. The van der Waals surface area contributed by atoms with Crippen molar-refractivity contribution in [3.05, 3.63) is 34.9 Å². The largest absolute Gasteiger partial charge is 0.349 e. The summed E-state index contributed by atoms with van der Waals surface area (Å²) in [5.41, 5.74) is 1.38. The number of aromatic nitrogens is 2. The maximum atomic E-state index is 11.8. The van der Waals surface area contributed by atoms with Crippen molar-refractivity contribution < 1.29 is 0 Å². The number of aromatic amines is 1. The van der Waals surface area contributed by atoms with Crippen LogP contribution in [0.3, 0.4) is 0 Å². The van der Waals surface area contributed by atoms with E-state index in [2.05, 4.69) is 20.2 Å². The van der Waals surface area contributed by atoms with E-state index in [0.29, 0.717) is 10.9 Å². The van der Waals surface area contributed by atoms with E-state index in [4.69, 9.17) is 12.2 Å². The number of benzene rings is 1. The molecule has 2 N–H and O–H groups in total. The van der Waals surface area contributed by atoms with E-state index in [9.17, 15) is 4.79 Å². The van der Waals surface area contributed by atoms with Crippen LogP contribution in [0.15, 0.2) is 29.3 Å². The van der Waals surface area contributed by atoms with Crippen LogP contribution in [-0.2, 0) is 0 Å². The van der Waals surface area contributed by atoms with Crippen LogP contribution >= 0.6 is 12.2 Å². The molecule has 110 valence electrons. The molecule has 0 unspecified atom stereocenters. The molecule has 3 rings (SSSR count). The molecule has 0 spiro atoms. The van der Waals surface area contributed by atoms with Crippen LogP contribution in [0, 0.1) is 0 Å². The summed E-state index contributed by atoms with van der Waals surface area (Å²) in [5.74, 6) is 0. The molecule has 2 aromatic rings. The molecule has 0 amide bonds. The van der Waals surface area contributed by atoms with Crippen molar-refractivity contribution in [1.82, 2.24) is 14.9 Å². The van der Waals surface area contributed by atoms with Gasteiger partial charge in [-0.15, -0.1) is 0 Å². The molecule has 2 heterocycles. The van der Waals surface area contributed by atoms with Crippen LogP contribution < -0.4 is 10.9 Å². The molecule has 1 aromatic heterocycles. The maximum Gasteiger partial charge on any atom is 0.258 e. The Morgan fingerprint density at radius 3 is 2.76 bits per heavy atom. The van der Waals surface area contributed by atoms with Gasteiger partial charge < -0.3 is 15.2 Å². The zero-order chi connectivity index (χ0) is 14.7. The third-order valence-electron chi connectivity index (χ3n) is 3.79. The quantitative estimate of drug-likeness (QED) is 0.793. The zero-order valence-corrected chi connectivity index (χ0v) is 12.6. The molecular weight excluding hydrogens is 284 g/mol. The van der Waals surface area contributed by atoms with Crippen LogP contribution in [0.4, 0.5) is 5.69 Å². The molecule has 1 fully saturated rings. The zero-order valence-electron chi connectivity index (χ0n) is 11.8. The Labute approximate surface area is 128 Å². The first-order valence-electron chi connectivity index (χ1n) is 7.27. The van der Waals surface area contributed by atoms with Crippen molar-refractivity contribution in [2.24, 2.45) is 0 Å². The first-order valence-corrected chi connectivity index (χ1v) is 7.68. The van der Waals surface area contributed by atoms with E-state index in [1.807, 2.05) is 12.1 Å². The number of hydrogen-bond donors (Lipinski definition) is 2. The van der Waals surface area contributed by atoms with Crippen LogP contribution in [0.5, 0.6) is 0 Å². The van der Waals surface area contributed by atoms with E-state index in [1.165, 1.54) is 32.0 Å². The van der Waals surface area contributed by atoms with Crippen LogP contribution in [0.25, 0.3) is 10.9 Å². The van der Waals surface area contributed by atoms with Gasteiger partial charge in [0.25, 0.3) is 5.56 Å². The van der Waals surface area contributed by atoms with Gasteiger partial charge in [0.1, 0.15) is 0 Å². The fraction of sp³-hybridized carbons (Fsp3) is 0.400. The van der Waals surface area contributed by atoms with Gasteiger partial charge in [-0.2, -0.15) is 0 Å². The Balaban J connectivity index is 1.79. The molecular formula is C15H18N4OS. The third-order valence-corrected chi connectivity index (χ3v) is 4.15. The fourth-order valence-electron chi connectivity index (χ4n) is 2.62. The second kappa shape index (κ2) is 6.22. The van der Waals surface area contributed by atoms with Crippen molar-refractivity contribution in [3.63, 3.8) is 0 Å². The van der Waals surface area contributed by atoms with Crippen molar-refractivity contribution >= 4 is 33.9 Å². The second-order valence-electron chi connectivity index (χ2n) is 5.30. The summed E-state index contributed by atoms with van der Waals surface area (Å²) in [6, 6.07) is 5.53. The van der Waals surface area contributed by atoms with Gasteiger partial charge in [-0.1, -0.05) is 12.8 Å². The fourth-order valence-corrected chi connectivity index (χ4v) is 2.92. The van der Waals surface area contributed by atoms with Gasteiger partial charge in [-0.3, -0.25) is 4.79 Å². The van der Waals surface area contributed by atoms with Crippen molar-refractivity contribution in [2.75, 3.05) is 18.4 Å². The smallest absolute Gasteiger partial charge is 0.258 e. The summed E-state index contributed by atoms with van der Waals surface area (Å²) >= 11 is 5.48. The van der Waals surface area contributed by atoms with Crippen LogP contribution in [0.2, 0.25) is 0 Å². The lowest BCUT2D eigenvalue weighted by Crippen LogP contribution is -2.35. The average molecular weight is 302 g/mol. The van der Waals surface area contributed by atoms with Gasteiger partial charge >= 0.3 is 0 Å². The van der Waals surface area contributed by atoms with Gasteiger partial charge in [0, 0.05) is 18.8 Å². The molecule has 1 aliphatic heterocycles. The molecule has 1 saturated heterocycles. The molecule has 21 heavy (non-hydrogen) atoms. The molecule has 0 radical (unpaired) electrons. The number of likely N-dealkylation sites (tertiary alicyclic amines) is 1. The Morgan fingerprint density at radius 1 is 1.24 bits per heavy atom. The summed E-state index contributed by atoms with van der Waals surface area (Å²) < 4.78 is 0. The SMILES string of the molecule is O=c1[nH]cnc2ccc(NC(=S)N3CCCCCC3)cc12. The van der Waals surface area contributed by atoms with E-state index >= 15 is 0 Å². The van der Waals surface area contributed by atoms with Crippen molar-refractivity contribution in [1.29, 1.82) is 0 Å². The first kappa shape index (κ1) is 14.0. The molecule has 6 heteroatoms. The molecule has 0 aliphatic carbocycles. The van der Waals surface area contributed by atoms with Gasteiger partial charge in [0.05, 0.1) is 17.2 Å².